The third-order valence-corrected chi connectivity index (χ3v) is 5.13. The molecule has 2 aliphatic heterocycles. The molecule has 3 N–H and O–H groups in total. The summed E-state index contributed by atoms with van der Waals surface area (Å²) < 4.78 is 5.54. The summed E-state index contributed by atoms with van der Waals surface area (Å²) in [5, 5.41) is 16.9. The number of aromatic amines is 1. The summed E-state index contributed by atoms with van der Waals surface area (Å²) >= 11 is 0. The molecule has 2 aliphatic rings. The normalized spacial score (nSPS) is 20.8. The van der Waals surface area contributed by atoms with E-state index in [4.69, 9.17) is 10.5 Å². The first-order valence-electron chi connectivity index (χ1n) is 8.62. The van der Waals surface area contributed by atoms with Crippen LogP contribution in [0.25, 0.3) is 0 Å². The van der Waals surface area contributed by atoms with Crippen molar-refractivity contribution in [2.45, 2.75) is 32.1 Å². The van der Waals surface area contributed by atoms with Crippen LogP contribution in [-0.2, 0) is 10.2 Å². The molecule has 1 amide bonds. The number of nitriles is 1. The quantitative estimate of drug-likeness (QED) is 0.883. The number of fused-ring (bicyclic) bond motifs is 4. The van der Waals surface area contributed by atoms with Crippen LogP contribution < -0.4 is 15.4 Å². The number of aryl methyl sites for hydroxylation is 1. The Bertz CT molecular complexity index is 984. The summed E-state index contributed by atoms with van der Waals surface area (Å²) in [5.41, 5.74) is 7.65. The molecule has 2 aromatic rings. The number of H-pyrrole nitrogens is 1. The Morgan fingerprint density at radius 1 is 1.42 bits per heavy atom. The zero-order valence-corrected chi connectivity index (χ0v) is 14.7. The third kappa shape index (κ3) is 1.81. The number of amides is 1. The second-order valence-corrected chi connectivity index (χ2v) is 6.56. The molecular weight excluding hydrogens is 330 g/mol. The molecule has 4 rings (SSSR count). The van der Waals surface area contributed by atoms with Crippen LogP contribution in [0, 0.1) is 18.3 Å². The topological polar surface area (TPSA) is 108 Å². The maximum absolute atomic E-state index is 13.8. The minimum atomic E-state index is -1.31. The lowest BCUT2D eigenvalue weighted by Gasteiger charge is -2.32. The number of aromatic nitrogens is 2. The second kappa shape index (κ2) is 5.63. The van der Waals surface area contributed by atoms with Gasteiger partial charge < -0.3 is 15.4 Å². The van der Waals surface area contributed by atoms with Gasteiger partial charge in [-0.2, -0.15) is 5.26 Å². The van der Waals surface area contributed by atoms with Gasteiger partial charge in [-0.3, -0.25) is 9.89 Å². The highest BCUT2D eigenvalue weighted by Gasteiger charge is 2.60. The SMILES string of the molecule is CCCCN1C(=O)[C@@]2(C(C#N)=C(N)Oc3n[nH]c(C)c32)c2ccccc21. The number of nitrogens with two attached hydrogens (primary N) is 1. The Hall–Kier alpha value is -3.27. The van der Waals surface area contributed by atoms with Gasteiger partial charge in [0.05, 0.1) is 5.56 Å². The van der Waals surface area contributed by atoms with Crippen molar-refractivity contribution in [3.05, 3.63) is 52.5 Å². The fourth-order valence-corrected chi connectivity index (χ4v) is 4.00. The Morgan fingerprint density at radius 3 is 2.92 bits per heavy atom. The van der Waals surface area contributed by atoms with E-state index in [0.717, 1.165) is 24.1 Å². The number of carbonyl (C=O) groups is 1. The van der Waals surface area contributed by atoms with Crippen LogP contribution in [0.15, 0.2) is 35.7 Å². The molecule has 3 heterocycles. The Balaban J connectivity index is 2.07. The van der Waals surface area contributed by atoms with Crippen LogP contribution in [-0.4, -0.2) is 22.6 Å². The largest absolute Gasteiger partial charge is 0.420 e. The van der Waals surface area contributed by atoms with Gasteiger partial charge in [-0.25, -0.2) is 0 Å². The van der Waals surface area contributed by atoms with Crippen molar-refractivity contribution in [1.82, 2.24) is 10.2 Å². The van der Waals surface area contributed by atoms with E-state index in [1.807, 2.05) is 31.2 Å². The average molecular weight is 349 g/mol. The van der Waals surface area contributed by atoms with Crippen LogP contribution in [0.1, 0.15) is 36.6 Å². The second-order valence-electron chi connectivity index (χ2n) is 6.56. The van der Waals surface area contributed by atoms with Gasteiger partial charge in [0, 0.05) is 23.5 Å². The first-order valence-corrected chi connectivity index (χ1v) is 8.62. The zero-order chi connectivity index (χ0) is 18.5. The maximum Gasteiger partial charge on any atom is 0.247 e. The lowest BCUT2D eigenvalue weighted by Crippen LogP contribution is -2.46. The highest BCUT2D eigenvalue weighted by molar-refractivity contribution is 6.14. The van der Waals surface area contributed by atoms with Crippen molar-refractivity contribution in [2.75, 3.05) is 11.4 Å². The van der Waals surface area contributed by atoms with E-state index in [9.17, 15) is 10.1 Å². The minimum absolute atomic E-state index is 0.0769. The molecule has 0 saturated carbocycles. The van der Waals surface area contributed by atoms with Crippen molar-refractivity contribution in [3.63, 3.8) is 0 Å². The number of carbonyl (C=O) groups excluding carboxylic acids is 1. The van der Waals surface area contributed by atoms with E-state index in [0.29, 0.717) is 17.8 Å². The summed E-state index contributed by atoms with van der Waals surface area (Å²) in [6.45, 7) is 4.48. The van der Waals surface area contributed by atoms with E-state index in [2.05, 4.69) is 23.2 Å². The maximum atomic E-state index is 13.8. The number of nitrogens with zero attached hydrogens (tertiary/aromatic N) is 3. The molecule has 0 unspecified atom stereocenters. The Labute approximate surface area is 151 Å². The number of para-hydroxylation sites is 1. The van der Waals surface area contributed by atoms with Gasteiger partial charge in [-0.15, -0.1) is 5.10 Å². The number of anilines is 1. The standard InChI is InChI=1S/C19H19N5O2/c1-3-4-9-24-14-8-6-5-7-12(14)19(18(24)25)13(10-20)16(21)26-17-15(19)11(2)22-23-17/h5-8H,3-4,9,21H2,1-2H3,(H,22,23)/t19-/m1/s1. The van der Waals surface area contributed by atoms with Crippen LogP contribution in [0.4, 0.5) is 5.69 Å². The number of hydrogen-bond donors (Lipinski definition) is 2. The van der Waals surface area contributed by atoms with Crippen LogP contribution in [0.3, 0.4) is 0 Å². The highest BCUT2D eigenvalue weighted by Crippen LogP contribution is 2.55. The number of nitrogens with one attached hydrogen (secondary N) is 1. The van der Waals surface area contributed by atoms with Crippen LogP contribution in [0.5, 0.6) is 5.88 Å². The molecule has 0 saturated heterocycles. The molecule has 26 heavy (non-hydrogen) atoms. The Morgan fingerprint density at radius 2 is 2.19 bits per heavy atom. The number of unbranched alkanes of at least 4 members (excludes halogenated alkanes) is 1. The number of benzene rings is 1. The third-order valence-electron chi connectivity index (χ3n) is 5.13. The van der Waals surface area contributed by atoms with Gasteiger partial charge in [-0.05, 0) is 19.4 Å². The van der Waals surface area contributed by atoms with Gasteiger partial charge in [0.1, 0.15) is 17.1 Å². The predicted octanol–water partition coefficient (Wildman–Crippen LogP) is 2.24. The first-order chi connectivity index (χ1) is 12.6. The number of hydrogen-bond acceptors (Lipinski definition) is 5. The fourth-order valence-electron chi connectivity index (χ4n) is 4.00. The molecule has 1 aromatic carbocycles. The molecule has 1 aromatic heterocycles. The molecule has 1 spiro atoms. The van der Waals surface area contributed by atoms with E-state index in [1.165, 1.54) is 0 Å². The lowest BCUT2D eigenvalue weighted by atomic mass is 9.69. The minimum Gasteiger partial charge on any atom is -0.420 e. The first kappa shape index (κ1) is 16.2. The van der Waals surface area contributed by atoms with E-state index in [-0.39, 0.29) is 23.2 Å². The zero-order valence-electron chi connectivity index (χ0n) is 14.7. The molecule has 0 bridgehead atoms. The molecule has 7 nitrogen and oxygen atoms in total. The summed E-state index contributed by atoms with van der Waals surface area (Å²) in [5.74, 6) is -0.00723. The average Bonchev–Trinajstić information content (AvgIpc) is 3.11. The molecular formula is C19H19N5O2. The van der Waals surface area contributed by atoms with Gasteiger partial charge in [0.15, 0.2) is 0 Å². The molecule has 132 valence electrons. The van der Waals surface area contributed by atoms with Crippen LogP contribution >= 0.6 is 0 Å². The molecule has 0 radical (unpaired) electrons. The highest BCUT2D eigenvalue weighted by atomic mass is 16.5. The smallest absolute Gasteiger partial charge is 0.247 e. The lowest BCUT2D eigenvalue weighted by molar-refractivity contribution is -0.121. The molecule has 1 atom stereocenters. The van der Waals surface area contributed by atoms with Gasteiger partial charge in [0.2, 0.25) is 17.7 Å². The van der Waals surface area contributed by atoms with Crippen molar-refractivity contribution >= 4 is 11.6 Å². The van der Waals surface area contributed by atoms with Crippen LogP contribution in [0.2, 0.25) is 0 Å². The molecule has 7 heteroatoms. The van der Waals surface area contributed by atoms with Crippen molar-refractivity contribution in [2.24, 2.45) is 5.73 Å². The fraction of sp³-hybridized carbons (Fsp3) is 0.316. The molecule has 0 aliphatic carbocycles. The van der Waals surface area contributed by atoms with Gasteiger partial charge in [0.25, 0.3) is 0 Å². The van der Waals surface area contributed by atoms with E-state index < -0.39 is 5.41 Å². The summed E-state index contributed by atoms with van der Waals surface area (Å²) in [6, 6.07) is 9.69. The monoisotopic (exact) mass is 349 g/mol. The van der Waals surface area contributed by atoms with Gasteiger partial charge in [-0.1, -0.05) is 31.5 Å². The predicted molar refractivity (Wildman–Crippen MR) is 95.3 cm³/mol. The van der Waals surface area contributed by atoms with Crippen molar-refractivity contribution < 1.29 is 9.53 Å². The van der Waals surface area contributed by atoms with Crippen molar-refractivity contribution in [1.29, 1.82) is 5.26 Å². The summed E-state index contributed by atoms with van der Waals surface area (Å²) in [7, 11) is 0. The number of ether oxygens (including phenoxy) is 1. The van der Waals surface area contributed by atoms with E-state index in [1.54, 1.807) is 4.90 Å². The van der Waals surface area contributed by atoms with Gasteiger partial charge >= 0.3 is 0 Å². The Kier molecular flexibility index (Phi) is 3.51. The van der Waals surface area contributed by atoms with E-state index >= 15 is 0 Å². The van der Waals surface area contributed by atoms with Crippen molar-refractivity contribution in [3.8, 4) is 11.9 Å². The molecule has 0 fully saturated rings. The summed E-state index contributed by atoms with van der Waals surface area (Å²) in [6.07, 6.45) is 1.83. The number of rotatable bonds is 3. The summed E-state index contributed by atoms with van der Waals surface area (Å²) in [4.78, 5) is 15.5.